The molecule has 0 aromatic carbocycles. The molecule has 2 rings (SSSR count). The molecular formula is C11H21NOSn. The first-order valence-electron chi connectivity index (χ1n) is 5.67. The number of carbonyl (C=O) groups is 1. The number of rotatable bonds is 1. The van der Waals surface area contributed by atoms with Crippen LogP contribution in [0.4, 0.5) is 0 Å². The van der Waals surface area contributed by atoms with Crippen LogP contribution in [0.15, 0.2) is 0 Å². The molecule has 0 aliphatic carbocycles. The van der Waals surface area contributed by atoms with E-state index in [4.69, 9.17) is 0 Å². The SMILES string of the molecule is CN1C2CCC1C(=O)[CH]([Sn]([CH3])([CH3])[CH3])C2. The van der Waals surface area contributed by atoms with Gasteiger partial charge in [0.2, 0.25) is 0 Å². The second-order valence-electron chi connectivity index (χ2n) is 5.97. The van der Waals surface area contributed by atoms with Crippen LogP contribution >= 0.6 is 0 Å². The quantitative estimate of drug-likeness (QED) is 0.692. The van der Waals surface area contributed by atoms with Crippen molar-refractivity contribution >= 4 is 24.2 Å². The van der Waals surface area contributed by atoms with E-state index in [9.17, 15) is 4.79 Å². The standard InChI is InChI=1S/C8H12NO.3CH3.Sn/c1-9-6-2-4-7(9)8(10)5-3-6;;;;/h5-7H,2-4H2,1H3;3*1H3;. The molecule has 3 unspecified atom stereocenters. The van der Waals surface area contributed by atoms with E-state index in [2.05, 4.69) is 26.8 Å². The Balaban J connectivity index is 2.22. The maximum absolute atomic E-state index is 12.3. The number of ketones is 1. The summed E-state index contributed by atoms with van der Waals surface area (Å²) in [5.41, 5.74) is 0. The van der Waals surface area contributed by atoms with Crippen LogP contribution in [0, 0.1) is 0 Å². The Morgan fingerprint density at radius 1 is 1.29 bits per heavy atom. The van der Waals surface area contributed by atoms with Crippen LogP contribution < -0.4 is 0 Å². The van der Waals surface area contributed by atoms with Crippen LogP contribution in [-0.4, -0.2) is 48.2 Å². The van der Waals surface area contributed by atoms with Crippen molar-refractivity contribution in [3.63, 3.8) is 0 Å². The molecule has 2 nitrogen and oxygen atoms in total. The molecule has 2 fully saturated rings. The van der Waals surface area contributed by atoms with Gasteiger partial charge in [-0.05, 0) is 0 Å². The number of likely N-dealkylation sites (N-methyl/N-ethyl adjacent to an activating group) is 1. The van der Waals surface area contributed by atoms with Gasteiger partial charge in [-0.25, -0.2) is 0 Å². The Labute approximate surface area is 90.9 Å². The summed E-state index contributed by atoms with van der Waals surface area (Å²) >= 11 is -2.00. The predicted octanol–water partition coefficient (Wildman–Crippen LogP) is 2.13. The molecule has 0 aromatic rings. The number of hydrogen-bond acceptors (Lipinski definition) is 2. The van der Waals surface area contributed by atoms with E-state index in [1.807, 2.05) is 0 Å². The Bertz CT molecular complexity index is 259. The zero-order chi connectivity index (χ0) is 10.5. The fourth-order valence-electron chi connectivity index (χ4n) is 3.04. The van der Waals surface area contributed by atoms with Crippen molar-refractivity contribution in [1.82, 2.24) is 4.90 Å². The summed E-state index contributed by atoms with van der Waals surface area (Å²) in [6.07, 6.45) is 3.55. The molecule has 2 bridgehead atoms. The van der Waals surface area contributed by atoms with Crippen molar-refractivity contribution in [2.45, 2.75) is 50.1 Å². The molecule has 0 aromatic heterocycles. The average molecular weight is 302 g/mol. The van der Waals surface area contributed by atoms with Crippen LogP contribution in [0.5, 0.6) is 0 Å². The van der Waals surface area contributed by atoms with Gasteiger partial charge in [-0.15, -0.1) is 0 Å². The molecule has 14 heavy (non-hydrogen) atoms. The number of piperidine rings is 1. The van der Waals surface area contributed by atoms with Gasteiger partial charge in [0.05, 0.1) is 0 Å². The molecule has 0 spiro atoms. The minimum absolute atomic E-state index is 0.287. The molecule has 2 heterocycles. The summed E-state index contributed by atoms with van der Waals surface area (Å²) in [6, 6.07) is 1.01. The zero-order valence-corrected chi connectivity index (χ0v) is 12.6. The molecule has 0 N–H and O–H groups in total. The molecule has 0 saturated carbocycles. The molecule has 3 heteroatoms. The van der Waals surface area contributed by atoms with Crippen LogP contribution in [0.1, 0.15) is 19.3 Å². The molecular weight excluding hydrogens is 281 g/mol. The summed E-state index contributed by atoms with van der Waals surface area (Å²) in [5.74, 6) is 0.588. The van der Waals surface area contributed by atoms with Crippen molar-refractivity contribution < 1.29 is 4.79 Å². The van der Waals surface area contributed by atoms with E-state index in [1.165, 1.54) is 12.8 Å². The summed E-state index contributed by atoms with van der Waals surface area (Å²) < 4.78 is 0.498. The normalized spacial score (nSPS) is 39.1. The second-order valence-corrected chi connectivity index (χ2v) is 21.5. The van der Waals surface area contributed by atoms with Gasteiger partial charge in [0, 0.05) is 0 Å². The molecule has 0 radical (unpaired) electrons. The Kier molecular flexibility index (Phi) is 2.71. The first-order chi connectivity index (χ1) is 6.41. The summed E-state index contributed by atoms with van der Waals surface area (Å²) in [5, 5.41) is 0. The van der Waals surface area contributed by atoms with E-state index in [0.717, 1.165) is 12.5 Å². The molecule has 80 valence electrons. The van der Waals surface area contributed by atoms with E-state index < -0.39 is 18.4 Å². The Morgan fingerprint density at radius 2 is 1.93 bits per heavy atom. The van der Waals surface area contributed by atoms with Crippen molar-refractivity contribution in [3.05, 3.63) is 0 Å². The average Bonchev–Trinajstić information content (AvgIpc) is 2.27. The van der Waals surface area contributed by atoms with Gasteiger partial charge < -0.3 is 0 Å². The zero-order valence-electron chi connectivity index (χ0n) is 9.71. The molecule has 3 atom stereocenters. The molecule has 2 aliphatic heterocycles. The summed E-state index contributed by atoms with van der Waals surface area (Å²) in [4.78, 5) is 21.8. The maximum atomic E-state index is 12.3. The fraction of sp³-hybridized carbons (Fsp3) is 0.909. The van der Waals surface area contributed by atoms with Gasteiger partial charge >= 0.3 is 91.0 Å². The number of Topliss-reactive ketones (excluding diaryl/α,β-unsaturated/α-hetero) is 1. The van der Waals surface area contributed by atoms with Gasteiger partial charge in [-0.3, -0.25) is 0 Å². The fourth-order valence-corrected chi connectivity index (χ4v) is 8.82. The molecule has 2 aliphatic rings. The van der Waals surface area contributed by atoms with Gasteiger partial charge in [0.15, 0.2) is 0 Å². The second kappa shape index (κ2) is 3.48. The first-order valence-corrected chi connectivity index (χ1v) is 15.9. The third-order valence-corrected chi connectivity index (χ3v) is 11.5. The van der Waals surface area contributed by atoms with Crippen molar-refractivity contribution in [2.75, 3.05) is 7.05 Å². The van der Waals surface area contributed by atoms with Gasteiger partial charge in [0.25, 0.3) is 0 Å². The number of carbonyl (C=O) groups excluding carboxylic acids is 1. The third kappa shape index (κ3) is 1.64. The van der Waals surface area contributed by atoms with Crippen molar-refractivity contribution in [3.8, 4) is 0 Å². The van der Waals surface area contributed by atoms with Gasteiger partial charge in [-0.2, -0.15) is 0 Å². The van der Waals surface area contributed by atoms with Gasteiger partial charge in [0.1, 0.15) is 0 Å². The van der Waals surface area contributed by atoms with Crippen LogP contribution in [0.2, 0.25) is 18.8 Å². The van der Waals surface area contributed by atoms with Crippen LogP contribution in [0.3, 0.4) is 0 Å². The van der Waals surface area contributed by atoms with Crippen LogP contribution in [0.25, 0.3) is 0 Å². The summed E-state index contributed by atoms with van der Waals surface area (Å²) in [7, 11) is 2.13. The third-order valence-electron chi connectivity index (χ3n) is 4.07. The van der Waals surface area contributed by atoms with Crippen molar-refractivity contribution in [2.24, 2.45) is 0 Å². The topological polar surface area (TPSA) is 20.3 Å². The Hall–Kier alpha value is 0.429. The summed E-state index contributed by atoms with van der Waals surface area (Å²) in [6.45, 7) is 0. The van der Waals surface area contributed by atoms with Crippen LogP contribution in [-0.2, 0) is 4.79 Å². The van der Waals surface area contributed by atoms with E-state index in [0.29, 0.717) is 9.72 Å². The van der Waals surface area contributed by atoms with E-state index in [1.54, 1.807) is 0 Å². The van der Waals surface area contributed by atoms with E-state index in [-0.39, 0.29) is 6.04 Å². The minimum atomic E-state index is -2.00. The number of nitrogens with zero attached hydrogens (tertiary/aromatic N) is 1. The van der Waals surface area contributed by atoms with Gasteiger partial charge in [-0.1, -0.05) is 0 Å². The van der Waals surface area contributed by atoms with Crippen molar-refractivity contribution in [1.29, 1.82) is 0 Å². The molecule has 2 saturated heterocycles. The predicted molar refractivity (Wildman–Crippen MR) is 61.3 cm³/mol. The Morgan fingerprint density at radius 3 is 2.50 bits per heavy atom. The molecule has 0 amide bonds. The van der Waals surface area contributed by atoms with E-state index >= 15 is 0 Å². The first kappa shape index (κ1) is 10.9. The number of fused-ring (bicyclic) bond motifs is 2. The number of hydrogen-bond donors (Lipinski definition) is 0. The monoisotopic (exact) mass is 303 g/mol.